The number of aryl methyl sites for hydroxylation is 2. The van der Waals surface area contributed by atoms with Crippen LogP contribution in [0.15, 0.2) is 70.5 Å². The Kier molecular flexibility index (Phi) is 24.5. The Bertz CT molecular complexity index is 3600. The summed E-state index contributed by atoms with van der Waals surface area (Å²) in [5.74, 6) is -4.71. The van der Waals surface area contributed by atoms with E-state index in [-0.39, 0.29) is 50.4 Å². The summed E-state index contributed by atoms with van der Waals surface area (Å²) in [5.41, 5.74) is 8.91. The molecule has 29 heteroatoms. The molecule has 0 saturated carbocycles. The first-order valence-corrected chi connectivity index (χ1v) is 34.9. The molecule has 0 spiro atoms. The molecule has 0 aliphatic carbocycles. The van der Waals surface area contributed by atoms with Crippen molar-refractivity contribution in [3.05, 3.63) is 110 Å². The Hall–Kier alpha value is -6.35. The molecule has 486 valence electrons. The number of aliphatic carboxylic acids is 1. The van der Waals surface area contributed by atoms with Gasteiger partial charge in [0.2, 0.25) is 5.36 Å². The molecule has 0 radical (unpaired) electrons. The minimum absolute atomic E-state index is 0.0411. The topological polar surface area (TPSA) is 294 Å². The number of halogens is 3. The lowest BCUT2D eigenvalue weighted by atomic mass is 9.86. The second-order valence-corrected chi connectivity index (χ2v) is 29.3. The number of carbonyl (C=O) groups is 5. The van der Waals surface area contributed by atoms with Gasteiger partial charge in [-0.3, -0.25) is 28.4 Å². The molecule has 2 amide bonds. The van der Waals surface area contributed by atoms with Crippen LogP contribution in [-0.2, 0) is 85.6 Å². The van der Waals surface area contributed by atoms with Gasteiger partial charge in [0, 0.05) is 87.9 Å². The average molecular weight is 1310 g/mol. The molecule has 0 atom stereocenters. The van der Waals surface area contributed by atoms with Crippen LogP contribution < -0.4 is 35.5 Å². The predicted molar refractivity (Wildman–Crippen MR) is 317 cm³/mol. The number of nitrogens with zero attached hydrogens (tertiary/aromatic N) is 4. The van der Waals surface area contributed by atoms with Gasteiger partial charge in [-0.15, -0.1) is 5.06 Å². The van der Waals surface area contributed by atoms with Gasteiger partial charge < -0.3 is 48.1 Å². The van der Waals surface area contributed by atoms with Crippen LogP contribution in [-0.4, -0.2) is 199 Å². The lowest BCUT2D eigenvalue weighted by molar-refractivity contribution is -0.344. The number of Topliss-reactive ketones (excluding diaryl/α,β-unsaturated/α-hetero) is 1. The third-order valence-electron chi connectivity index (χ3n) is 15.5. The standard InChI is InChI=1S/C58H74N4O17S2Si.C2HF3O2/c1-40-33-44(50(63)7-6-21-73-23-25-75-27-29-77-31-32-78-30-28-76-26-24-74-22-15-56(66)79-62-54(64)12-13-55(62)65)34-41(2)57(40)58-47-11-9-45(36-52(47)82(4,5)53-38-49-42(35-48(53)58)14-16-59(49)3)61-19-17-60(18-20-61)39-43-8-10-46(80(67,68)69)37-51(43)81(70,71)72;3-2(4,5)1(6)7/h8-11,33-38H,6-7,12-32,39H2,1-5H3,(H-,67,68,69,70,71,72);(H,6,7). The maximum Gasteiger partial charge on any atom is 0.430 e. The van der Waals surface area contributed by atoms with Crippen molar-refractivity contribution < 1.29 is 101 Å². The molecule has 4 aliphatic rings. The molecule has 0 unspecified atom stereocenters. The molecule has 2 N–H and O–H groups in total. The number of ketones is 1. The molecule has 0 aromatic heterocycles. The number of fused-ring (bicyclic) bond motifs is 3. The summed E-state index contributed by atoms with van der Waals surface area (Å²) >= 11 is 0. The van der Waals surface area contributed by atoms with Crippen molar-refractivity contribution in [1.29, 1.82) is 0 Å². The van der Waals surface area contributed by atoms with E-state index >= 15 is 0 Å². The van der Waals surface area contributed by atoms with E-state index in [0.29, 0.717) is 116 Å². The van der Waals surface area contributed by atoms with Crippen molar-refractivity contribution in [1.82, 2.24) is 14.5 Å². The summed E-state index contributed by atoms with van der Waals surface area (Å²) < 4.78 is 135. The number of rotatable bonds is 30. The maximum atomic E-state index is 13.7. The van der Waals surface area contributed by atoms with Crippen molar-refractivity contribution in [3.8, 4) is 0 Å². The van der Waals surface area contributed by atoms with Crippen molar-refractivity contribution in [2.75, 3.05) is 124 Å². The van der Waals surface area contributed by atoms with Crippen LogP contribution in [0.4, 0.5) is 18.9 Å². The molecule has 8 rings (SSSR count). The van der Waals surface area contributed by atoms with E-state index in [1.807, 2.05) is 12.1 Å². The molecule has 4 aromatic rings. The number of anilines is 1. The van der Waals surface area contributed by atoms with E-state index in [2.05, 4.69) is 78.7 Å². The van der Waals surface area contributed by atoms with Crippen LogP contribution in [0.2, 0.25) is 13.1 Å². The second kappa shape index (κ2) is 31.1. The number of piperazine rings is 1. The van der Waals surface area contributed by atoms with Gasteiger partial charge in [0.05, 0.1) is 88.9 Å². The number of carbonyl (C=O) groups excluding carboxylic acids is 5. The van der Waals surface area contributed by atoms with Gasteiger partial charge in [0.25, 0.3) is 32.1 Å². The van der Waals surface area contributed by atoms with Gasteiger partial charge in [0.1, 0.15) is 27.6 Å². The number of ether oxygens (including phenoxy) is 6. The number of benzene rings is 4. The average Bonchev–Trinajstić information content (AvgIpc) is 1.46. The monoisotopic (exact) mass is 1300 g/mol. The molecular formula is C60H75F3N4O19S2Si. The molecule has 4 aliphatic heterocycles. The van der Waals surface area contributed by atoms with E-state index < -0.39 is 68.0 Å². The van der Waals surface area contributed by atoms with Crippen LogP contribution >= 0.6 is 0 Å². The quantitative estimate of drug-likeness (QED) is 0.0187. The summed E-state index contributed by atoms with van der Waals surface area (Å²) in [4.78, 5) is 65.3. The fraction of sp³-hybridized carbons (Fsp3) is 0.500. The van der Waals surface area contributed by atoms with Crippen LogP contribution in [0.3, 0.4) is 0 Å². The summed E-state index contributed by atoms with van der Waals surface area (Å²) in [6.45, 7) is 16.8. The van der Waals surface area contributed by atoms with Crippen LogP contribution in [0.25, 0.3) is 5.57 Å². The molecule has 2 saturated heterocycles. The molecule has 23 nitrogen and oxygen atoms in total. The lowest BCUT2D eigenvalue weighted by Crippen LogP contribution is -2.64. The van der Waals surface area contributed by atoms with E-state index in [4.69, 9.17) is 43.2 Å². The largest absolute Gasteiger partial charge is 0.542 e. The third kappa shape index (κ3) is 18.9. The number of carboxylic acids is 1. The highest BCUT2D eigenvalue weighted by molar-refractivity contribution is 7.86. The Morgan fingerprint density at radius 2 is 1.21 bits per heavy atom. The summed E-state index contributed by atoms with van der Waals surface area (Å²) in [5, 5.41) is 14.5. The second-order valence-electron chi connectivity index (χ2n) is 22.2. The number of carboxylic acid groups (broad SMARTS) is 1. The number of alkyl halides is 3. The van der Waals surface area contributed by atoms with Gasteiger partial charge in [0.15, 0.2) is 5.78 Å². The first kappa shape index (κ1) is 70.1. The minimum atomic E-state index is -5.19. The zero-order chi connectivity index (χ0) is 64.8. The number of hydroxylamine groups is 2. The highest BCUT2D eigenvalue weighted by atomic mass is 32.2. The lowest BCUT2D eigenvalue weighted by Gasteiger charge is -2.38. The third-order valence-corrected chi connectivity index (χ3v) is 20.8. The first-order chi connectivity index (χ1) is 42.1. The van der Waals surface area contributed by atoms with Crippen LogP contribution in [0, 0.1) is 13.8 Å². The smallest absolute Gasteiger partial charge is 0.430 e. The Morgan fingerprint density at radius 3 is 1.74 bits per heavy atom. The Morgan fingerprint density at radius 1 is 0.674 bits per heavy atom. The van der Waals surface area contributed by atoms with Gasteiger partial charge in [-0.05, 0) is 112 Å². The predicted octanol–water partition coefficient (Wildman–Crippen LogP) is 1.54. The summed E-state index contributed by atoms with van der Waals surface area (Å²) in [6, 6.07) is 19.0. The van der Waals surface area contributed by atoms with Crippen LogP contribution in [0.1, 0.15) is 75.8 Å². The van der Waals surface area contributed by atoms with Crippen molar-refractivity contribution in [3.63, 3.8) is 0 Å². The van der Waals surface area contributed by atoms with Gasteiger partial charge in [-0.1, -0.05) is 25.2 Å². The molecule has 2 fully saturated rings. The van der Waals surface area contributed by atoms with E-state index in [0.717, 1.165) is 47.5 Å². The number of hydrogen-bond donors (Lipinski definition) is 2. The van der Waals surface area contributed by atoms with E-state index in [1.54, 1.807) is 0 Å². The normalized spacial score (nSPS) is 15.8. The summed E-state index contributed by atoms with van der Waals surface area (Å²) in [7, 11) is -9.64. The highest BCUT2D eigenvalue weighted by Gasteiger charge is 2.39. The number of hydrogen-bond acceptors (Lipinski definition) is 19. The van der Waals surface area contributed by atoms with E-state index in [9.17, 15) is 58.3 Å². The Labute approximate surface area is 515 Å². The number of amides is 2. The zero-order valence-electron chi connectivity index (χ0n) is 50.3. The van der Waals surface area contributed by atoms with E-state index in [1.165, 1.54) is 43.7 Å². The number of imide groups is 1. The fourth-order valence-corrected chi connectivity index (χ4v) is 15.3. The van der Waals surface area contributed by atoms with Crippen molar-refractivity contribution in [2.24, 2.45) is 0 Å². The molecule has 4 aromatic carbocycles. The Balaban J connectivity index is 0.00000152. The molecular weight excluding hydrogens is 1230 g/mol. The summed E-state index contributed by atoms with van der Waals surface area (Å²) in [6.07, 6.45) is -3.32. The first-order valence-electron chi connectivity index (χ1n) is 29.0. The minimum Gasteiger partial charge on any atom is -0.542 e. The van der Waals surface area contributed by atoms with Crippen molar-refractivity contribution >= 4 is 79.5 Å². The zero-order valence-corrected chi connectivity index (χ0v) is 53.0. The maximum absolute atomic E-state index is 13.7. The van der Waals surface area contributed by atoms with Crippen LogP contribution in [0.5, 0.6) is 0 Å². The molecule has 89 heavy (non-hydrogen) atoms. The number of likely N-dealkylation sites (N-methyl/N-ethyl adjacent to an activating group) is 1. The fourth-order valence-electron chi connectivity index (χ4n) is 11.0. The molecule has 0 bridgehead atoms. The van der Waals surface area contributed by atoms with Gasteiger partial charge in [-0.25, -0.2) is 9.37 Å². The molecule has 4 heterocycles. The SMILES string of the molecule is Cc1cc(C(=O)CCCOCCOCCOCCOCCOCCOCCC(=O)ON2C(=O)CCC2=O)cc(C)c1C1=c2cc3c(cc2[Si](C)(C)c2cc(N4CCN(Cc5ccc(S(=O)(=O)O)cc5S(=O)(=O)O)CC4)ccc21)=[N+](C)CC3.O=C([O-])C(F)(F)F. The van der Waals surface area contributed by atoms with Crippen molar-refractivity contribution in [2.45, 2.75) is 88.0 Å². The van der Waals surface area contributed by atoms with Gasteiger partial charge >= 0.3 is 12.1 Å². The van der Waals surface area contributed by atoms with Gasteiger partial charge in [-0.2, -0.15) is 30.0 Å². The highest BCUT2D eigenvalue weighted by Crippen LogP contribution is 2.33.